The molecular weight excluding hydrogens is 252 g/mol. The first kappa shape index (κ1) is 15.9. The zero-order chi connectivity index (χ0) is 13.6. The van der Waals surface area contributed by atoms with E-state index in [9.17, 15) is 8.42 Å². The van der Waals surface area contributed by atoms with Gasteiger partial charge in [-0.3, -0.25) is 4.18 Å². The fourth-order valence-corrected chi connectivity index (χ4v) is 3.10. The van der Waals surface area contributed by atoms with Crippen LogP contribution in [0.25, 0.3) is 0 Å². The monoisotopic (exact) mass is 278 g/mol. The minimum absolute atomic E-state index is 0.0732. The molecule has 1 rings (SSSR count). The molecule has 4 nitrogen and oxygen atoms in total. The van der Waals surface area contributed by atoms with Crippen molar-refractivity contribution in [3.05, 3.63) is 0 Å². The highest BCUT2D eigenvalue weighted by molar-refractivity contribution is 7.86. The molecule has 0 aromatic heterocycles. The largest absolute Gasteiger partial charge is 0.372 e. The third kappa shape index (κ3) is 6.16. The maximum Gasteiger partial charge on any atom is 0.264 e. The van der Waals surface area contributed by atoms with E-state index < -0.39 is 10.1 Å². The molecule has 108 valence electrons. The topological polar surface area (TPSA) is 52.6 Å². The third-order valence-corrected chi connectivity index (χ3v) is 4.02. The first-order valence-corrected chi connectivity index (χ1v) is 8.77. The van der Waals surface area contributed by atoms with Crippen molar-refractivity contribution >= 4 is 10.1 Å². The van der Waals surface area contributed by atoms with Gasteiger partial charge in [-0.1, -0.05) is 32.6 Å². The second-order valence-electron chi connectivity index (χ2n) is 5.23. The lowest BCUT2D eigenvalue weighted by atomic mass is 10.1. The van der Waals surface area contributed by atoms with Crippen LogP contribution in [0.4, 0.5) is 0 Å². The van der Waals surface area contributed by atoms with Crippen LogP contribution in [0.15, 0.2) is 0 Å². The first-order chi connectivity index (χ1) is 8.42. The average Bonchev–Trinajstić information content (AvgIpc) is 2.71. The lowest BCUT2D eigenvalue weighted by molar-refractivity contribution is -0.0174. The Hall–Kier alpha value is -0.130. The van der Waals surface area contributed by atoms with Crippen molar-refractivity contribution in [3.63, 3.8) is 0 Å². The summed E-state index contributed by atoms with van der Waals surface area (Å²) in [5, 5.41) is 0. The lowest BCUT2D eigenvalue weighted by Gasteiger charge is -2.19. The van der Waals surface area contributed by atoms with Crippen LogP contribution in [0.2, 0.25) is 0 Å². The van der Waals surface area contributed by atoms with Gasteiger partial charge in [0.2, 0.25) is 0 Å². The van der Waals surface area contributed by atoms with Gasteiger partial charge in [-0.15, -0.1) is 0 Å². The van der Waals surface area contributed by atoms with E-state index >= 15 is 0 Å². The summed E-state index contributed by atoms with van der Waals surface area (Å²) in [4.78, 5) is 0. The SMILES string of the molecule is CCCCCC[C@H]1CC[C@@H]([C@H](C)OS(C)(=O)=O)O1. The maximum absolute atomic E-state index is 11.0. The molecule has 0 unspecified atom stereocenters. The molecule has 1 aliphatic heterocycles. The molecule has 0 aliphatic carbocycles. The Morgan fingerprint density at radius 1 is 1.28 bits per heavy atom. The van der Waals surface area contributed by atoms with Crippen molar-refractivity contribution < 1.29 is 17.3 Å². The second-order valence-corrected chi connectivity index (χ2v) is 6.83. The second kappa shape index (κ2) is 7.46. The standard InChI is InChI=1S/C13H26O4S/c1-4-5-6-7-8-12-9-10-13(16-12)11(2)17-18(3,14)15/h11-13H,4-10H2,1-3H3/t11-,12-,13-/m0/s1. The summed E-state index contributed by atoms with van der Waals surface area (Å²) in [6, 6.07) is 0. The van der Waals surface area contributed by atoms with Crippen molar-refractivity contribution in [2.24, 2.45) is 0 Å². The summed E-state index contributed by atoms with van der Waals surface area (Å²) >= 11 is 0. The molecule has 0 aromatic rings. The van der Waals surface area contributed by atoms with Gasteiger partial charge in [0.15, 0.2) is 0 Å². The Morgan fingerprint density at radius 2 is 2.00 bits per heavy atom. The summed E-state index contributed by atoms with van der Waals surface area (Å²) in [6.45, 7) is 3.97. The highest BCUT2D eigenvalue weighted by Crippen LogP contribution is 2.27. The van der Waals surface area contributed by atoms with Crippen LogP contribution in [0.1, 0.15) is 58.8 Å². The summed E-state index contributed by atoms with van der Waals surface area (Å²) in [5.41, 5.74) is 0. The van der Waals surface area contributed by atoms with Crippen LogP contribution in [-0.4, -0.2) is 33.0 Å². The minimum atomic E-state index is -3.38. The predicted molar refractivity (Wildman–Crippen MR) is 72.0 cm³/mol. The fourth-order valence-electron chi connectivity index (χ4n) is 2.43. The molecule has 0 N–H and O–H groups in total. The molecule has 3 atom stereocenters. The van der Waals surface area contributed by atoms with Gasteiger partial charge in [0.1, 0.15) is 6.10 Å². The van der Waals surface area contributed by atoms with Gasteiger partial charge < -0.3 is 4.74 Å². The highest BCUT2D eigenvalue weighted by Gasteiger charge is 2.31. The van der Waals surface area contributed by atoms with Crippen molar-refractivity contribution in [1.82, 2.24) is 0 Å². The van der Waals surface area contributed by atoms with Crippen LogP contribution in [-0.2, 0) is 19.0 Å². The van der Waals surface area contributed by atoms with E-state index in [-0.39, 0.29) is 18.3 Å². The van der Waals surface area contributed by atoms with E-state index in [0.29, 0.717) is 0 Å². The molecule has 0 radical (unpaired) electrons. The van der Waals surface area contributed by atoms with Gasteiger partial charge in [-0.2, -0.15) is 8.42 Å². The van der Waals surface area contributed by atoms with E-state index in [1.807, 2.05) is 0 Å². The Bertz CT molecular complexity index is 326. The molecule has 0 bridgehead atoms. The number of ether oxygens (including phenoxy) is 1. The zero-order valence-electron chi connectivity index (χ0n) is 11.7. The van der Waals surface area contributed by atoms with Gasteiger partial charge in [-0.05, 0) is 26.2 Å². The van der Waals surface area contributed by atoms with Crippen LogP contribution >= 0.6 is 0 Å². The average molecular weight is 278 g/mol. The van der Waals surface area contributed by atoms with Crippen molar-refractivity contribution in [3.8, 4) is 0 Å². The van der Waals surface area contributed by atoms with Gasteiger partial charge in [0, 0.05) is 0 Å². The first-order valence-electron chi connectivity index (χ1n) is 6.96. The third-order valence-electron chi connectivity index (χ3n) is 3.37. The Labute approximate surface area is 111 Å². The quantitative estimate of drug-likeness (QED) is 0.506. The van der Waals surface area contributed by atoms with Crippen molar-refractivity contribution in [2.45, 2.75) is 77.1 Å². The Morgan fingerprint density at radius 3 is 2.61 bits per heavy atom. The lowest BCUT2D eigenvalue weighted by Crippen LogP contribution is -2.28. The molecule has 0 saturated carbocycles. The molecule has 1 heterocycles. The molecule has 0 aromatic carbocycles. The highest BCUT2D eigenvalue weighted by atomic mass is 32.2. The summed E-state index contributed by atoms with van der Waals surface area (Å²) in [5.74, 6) is 0. The molecular formula is C13H26O4S. The predicted octanol–water partition coefficient (Wildman–Crippen LogP) is 2.87. The van der Waals surface area contributed by atoms with Gasteiger partial charge in [0.05, 0.1) is 18.5 Å². The van der Waals surface area contributed by atoms with Crippen molar-refractivity contribution in [2.75, 3.05) is 6.26 Å². The smallest absolute Gasteiger partial charge is 0.264 e. The molecule has 1 saturated heterocycles. The van der Waals surface area contributed by atoms with Crippen LogP contribution < -0.4 is 0 Å². The minimum Gasteiger partial charge on any atom is -0.372 e. The molecule has 1 aliphatic rings. The molecule has 0 spiro atoms. The Balaban J connectivity index is 2.24. The van der Waals surface area contributed by atoms with E-state index in [1.54, 1.807) is 6.92 Å². The van der Waals surface area contributed by atoms with Gasteiger partial charge >= 0.3 is 0 Å². The van der Waals surface area contributed by atoms with E-state index in [1.165, 1.54) is 25.7 Å². The summed E-state index contributed by atoms with van der Waals surface area (Å²) in [6.07, 6.45) is 8.92. The summed E-state index contributed by atoms with van der Waals surface area (Å²) < 4.78 is 32.9. The molecule has 5 heteroatoms. The van der Waals surface area contributed by atoms with Crippen LogP contribution in [0.3, 0.4) is 0 Å². The Kier molecular flexibility index (Phi) is 6.60. The fraction of sp³-hybridized carbons (Fsp3) is 1.00. The number of unbranched alkanes of at least 4 members (excludes halogenated alkanes) is 3. The number of hydrogen-bond acceptors (Lipinski definition) is 4. The maximum atomic E-state index is 11.0. The van der Waals surface area contributed by atoms with E-state index in [4.69, 9.17) is 8.92 Å². The molecule has 1 fully saturated rings. The normalized spacial score (nSPS) is 26.4. The molecule has 18 heavy (non-hydrogen) atoms. The van der Waals surface area contributed by atoms with Crippen LogP contribution in [0, 0.1) is 0 Å². The van der Waals surface area contributed by atoms with E-state index in [0.717, 1.165) is 25.5 Å². The number of hydrogen-bond donors (Lipinski definition) is 0. The summed E-state index contributed by atoms with van der Waals surface area (Å²) in [7, 11) is -3.38. The van der Waals surface area contributed by atoms with E-state index in [2.05, 4.69) is 6.92 Å². The molecule has 0 amide bonds. The zero-order valence-corrected chi connectivity index (χ0v) is 12.5. The van der Waals surface area contributed by atoms with Gasteiger partial charge in [-0.25, -0.2) is 0 Å². The van der Waals surface area contributed by atoms with Gasteiger partial charge in [0.25, 0.3) is 10.1 Å². The van der Waals surface area contributed by atoms with Crippen molar-refractivity contribution in [1.29, 1.82) is 0 Å². The van der Waals surface area contributed by atoms with Crippen LogP contribution in [0.5, 0.6) is 0 Å². The number of rotatable bonds is 8.